The van der Waals surface area contributed by atoms with Crippen LogP contribution in [0.5, 0.6) is 0 Å². The molecule has 17 heavy (non-hydrogen) atoms. The first-order valence-electron chi connectivity index (χ1n) is 7.89. The quantitative estimate of drug-likeness (QED) is 0.803. The highest BCUT2D eigenvalue weighted by molar-refractivity contribution is 5.00. The van der Waals surface area contributed by atoms with Gasteiger partial charge in [-0.15, -0.1) is 0 Å². The maximum absolute atomic E-state index is 3.70. The van der Waals surface area contributed by atoms with Crippen LogP contribution in [0.3, 0.4) is 0 Å². The summed E-state index contributed by atoms with van der Waals surface area (Å²) in [5.41, 5.74) is 0. The van der Waals surface area contributed by atoms with Crippen LogP contribution in [-0.2, 0) is 0 Å². The van der Waals surface area contributed by atoms with Gasteiger partial charge in [-0.1, -0.05) is 6.42 Å². The van der Waals surface area contributed by atoms with E-state index in [2.05, 4.69) is 10.2 Å². The maximum Gasteiger partial charge on any atom is 0.0195 e. The van der Waals surface area contributed by atoms with E-state index in [-0.39, 0.29) is 0 Å². The predicted molar refractivity (Wildman–Crippen MR) is 70.0 cm³/mol. The van der Waals surface area contributed by atoms with E-state index in [0.29, 0.717) is 0 Å². The van der Waals surface area contributed by atoms with Gasteiger partial charge in [-0.05, 0) is 63.3 Å². The third kappa shape index (κ3) is 2.04. The predicted octanol–water partition coefficient (Wildman–Crippen LogP) is 2.39. The van der Waals surface area contributed by atoms with E-state index in [0.717, 1.165) is 30.0 Å². The molecule has 4 rings (SSSR count). The number of nitrogens with one attached hydrogen (secondary N) is 1. The van der Waals surface area contributed by atoms with Crippen LogP contribution in [0.4, 0.5) is 0 Å². The van der Waals surface area contributed by atoms with Gasteiger partial charge in [0.15, 0.2) is 0 Å². The molecule has 0 aromatic carbocycles. The summed E-state index contributed by atoms with van der Waals surface area (Å²) in [7, 11) is 0. The van der Waals surface area contributed by atoms with E-state index in [1.807, 2.05) is 0 Å². The average molecular weight is 234 g/mol. The fraction of sp³-hybridized carbons (Fsp3) is 1.00. The summed E-state index contributed by atoms with van der Waals surface area (Å²) in [6.07, 6.45) is 12.0. The minimum absolute atomic E-state index is 0.815. The molecule has 0 spiro atoms. The van der Waals surface area contributed by atoms with Gasteiger partial charge in [0.2, 0.25) is 0 Å². The van der Waals surface area contributed by atoms with Crippen molar-refractivity contribution in [2.45, 2.75) is 69.5 Å². The summed E-state index contributed by atoms with van der Waals surface area (Å²) in [6, 6.07) is 2.76. The Kier molecular flexibility index (Phi) is 2.69. The first-order chi connectivity index (χ1) is 8.40. The summed E-state index contributed by atoms with van der Waals surface area (Å²) in [6.45, 7) is 2.62. The molecule has 96 valence electrons. The molecule has 4 unspecified atom stereocenters. The zero-order valence-corrected chi connectivity index (χ0v) is 10.9. The zero-order chi connectivity index (χ0) is 11.2. The van der Waals surface area contributed by atoms with Gasteiger partial charge >= 0.3 is 0 Å². The fourth-order valence-electron chi connectivity index (χ4n) is 4.75. The van der Waals surface area contributed by atoms with Crippen LogP contribution in [0.2, 0.25) is 0 Å². The van der Waals surface area contributed by atoms with Crippen LogP contribution in [0, 0.1) is 11.8 Å². The molecule has 0 radical (unpaired) electrons. The Morgan fingerprint density at radius 1 is 1.00 bits per heavy atom. The molecular weight excluding hydrogens is 208 g/mol. The van der Waals surface area contributed by atoms with Crippen molar-refractivity contribution in [2.24, 2.45) is 11.8 Å². The van der Waals surface area contributed by atoms with Crippen LogP contribution in [-0.4, -0.2) is 36.1 Å². The summed E-state index contributed by atoms with van der Waals surface area (Å²) < 4.78 is 0. The van der Waals surface area contributed by atoms with Crippen molar-refractivity contribution < 1.29 is 0 Å². The minimum atomic E-state index is 0.815. The zero-order valence-electron chi connectivity index (χ0n) is 10.9. The van der Waals surface area contributed by atoms with Crippen LogP contribution in [0.1, 0.15) is 51.4 Å². The van der Waals surface area contributed by atoms with Crippen LogP contribution in [0.25, 0.3) is 0 Å². The molecule has 0 aromatic heterocycles. The molecule has 4 aliphatic rings. The van der Waals surface area contributed by atoms with E-state index in [1.54, 1.807) is 12.8 Å². The fourth-order valence-corrected chi connectivity index (χ4v) is 4.75. The molecule has 2 nitrogen and oxygen atoms in total. The third-order valence-corrected chi connectivity index (χ3v) is 5.74. The molecule has 0 aromatic rings. The monoisotopic (exact) mass is 234 g/mol. The van der Waals surface area contributed by atoms with Gasteiger partial charge in [0, 0.05) is 24.7 Å². The molecule has 1 saturated heterocycles. The van der Waals surface area contributed by atoms with Gasteiger partial charge in [0.25, 0.3) is 0 Å². The van der Waals surface area contributed by atoms with Crippen molar-refractivity contribution in [3.63, 3.8) is 0 Å². The Morgan fingerprint density at radius 2 is 1.94 bits per heavy atom. The summed E-state index contributed by atoms with van der Waals surface area (Å²) >= 11 is 0. The highest BCUT2D eigenvalue weighted by Gasteiger charge is 2.46. The van der Waals surface area contributed by atoms with Gasteiger partial charge in [-0.3, -0.25) is 4.90 Å². The Balaban J connectivity index is 1.43. The molecular formula is C15H26N2. The van der Waals surface area contributed by atoms with Crippen LogP contribution >= 0.6 is 0 Å². The highest BCUT2D eigenvalue weighted by atomic mass is 15.2. The second-order valence-corrected chi connectivity index (χ2v) is 6.96. The smallest absolute Gasteiger partial charge is 0.0195 e. The third-order valence-electron chi connectivity index (χ3n) is 5.74. The largest absolute Gasteiger partial charge is 0.313 e. The van der Waals surface area contributed by atoms with Gasteiger partial charge in [-0.25, -0.2) is 0 Å². The molecule has 1 aliphatic heterocycles. The molecule has 0 amide bonds. The molecule has 3 aliphatic carbocycles. The number of fused-ring (bicyclic) bond motifs is 2. The molecule has 2 heteroatoms. The minimum Gasteiger partial charge on any atom is -0.313 e. The lowest BCUT2D eigenvalue weighted by Gasteiger charge is -2.36. The lowest BCUT2D eigenvalue weighted by molar-refractivity contribution is 0.122. The van der Waals surface area contributed by atoms with Crippen molar-refractivity contribution in [3.05, 3.63) is 0 Å². The summed E-state index contributed by atoms with van der Waals surface area (Å²) in [5.74, 6) is 2.17. The molecule has 1 heterocycles. The van der Waals surface area contributed by atoms with Crippen molar-refractivity contribution in [3.8, 4) is 0 Å². The molecule has 4 atom stereocenters. The molecule has 3 saturated carbocycles. The summed E-state index contributed by atoms with van der Waals surface area (Å²) in [4.78, 5) is 2.94. The van der Waals surface area contributed by atoms with Crippen molar-refractivity contribution in [2.75, 3.05) is 13.1 Å². The first kappa shape index (κ1) is 10.8. The number of hydrogen-bond donors (Lipinski definition) is 1. The van der Waals surface area contributed by atoms with E-state index in [9.17, 15) is 0 Å². The Bertz CT molecular complexity index is 281. The molecule has 1 N–H and O–H groups in total. The van der Waals surface area contributed by atoms with Gasteiger partial charge in [-0.2, -0.15) is 0 Å². The van der Waals surface area contributed by atoms with Gasteiger partial charge in [0.05, 0.1) is 0 Å². The number of hydrogen-bond acceptors (Lipinski definition) is 2. The van der Waals surface area contributed by atoms with Crippen molar-refractivity contribution >= 4 is 0 Å². The Labute approximate surface area is 105 Å². The first-order valence-corrected chi connectivity index (χ1v) is 7.89. The standard InChI is InChI=1S/C15H26N2/c1-2-13(16-7-1)10-17(14-5-6-14)15-9-11-3-4-12(15)8-11/h11-16H,1-10H2. The average Bonchev–Trinajstić information content (AvgIpc) is 2.82. The SMILES string of the molecule is C1CNC(CN(C2CC2)C2CC3CCC2C3)C1. The van der Waals surface area contributed by atoms with Crippen LogP contribution in [0.15, 0.2) is 0 Å². The van der Waals surface area contributed by atoms with Gasteiger partial charge in [0.1, 0.15) is 0 Å². The van der Waals surface area contributed by atoms with E-state index in [4.69, 9.17) is 0 Å². The van der Waals surface area contributed by atoms with Crippen molar-refractivity contribution in [1.82, 2.24) is 10.2 Å². The summed E-state index contributed by atoms with van der Waals surface area (Å²) in [5, 5.41) is 3.70. The Morgan fingerprint density at radius 3 is 2.53 bits per heavy atom. The highest BCUT2D eigenvalue weighted by Crippen LogP contribution is 2.48. The Hall–Kier alpha value is -0.0800. The molecule has 2 bridgehead atoms. The topological polar surface area (TPSA) is 15.3 Å². The van der Waals surface area contributed by atoms with Crippen molar-refractivity contribution in [1.29, 1.82) is 0 Å². The normalized spacial score (nSPS) is 45.0. The van der Waals surface area contributed by atoms with E-state index in [1.165, 1.54) is 51.6 Å². The number of rotatable bonds is 4. The van der Waals surface area contributed by atoms with Gasteiger partial charge < -0.3 is 5.32 Å². The van der Waals surface area contributed by atoms with Crippen LogP contribution < -0.4 is 5.32 Å². The second-order valence-electron chi connectivity index (χ2n) is 6.96. The lowest BCUT2D eigenvalue weighted by Crippen LogP contribution is -2.46. The van der Waals surface area contributed by atoms with E-state index < -0.39 is 0 Å². The number of nitrogens with zero attached hydrogens (tertiary/aromatic N) is 1. The lowest BCUT2D eigenvalue weighted by atomic mass is 9.93. The molecule has 4 fully saturated rings. The maximum atomic E-state index is 3.70. The van der Waals surface area contributed by atoms with E-state index >= 15 is 0 Å². The second kappa shape index (κ2) is 4.24.